The first-order valence-corrected chi connectivity index (χ1v) is 7.59. The van der Waals surface area contributed by atoms with Crippen LogP contribution in [0.1, 0.15) is 36.4 Å². The summed E-state index contributed by atoms with van der Waals surface area (Å²) in [7, 11) is 0. The number of hydrogen-bond acceptors (Lipinski definition) is 2. The number of pyridine rings is 1. The third kappa shape index (κ3) is 2.96. The van der Waals surface area contributed by atoms with Crippen molar-refractivity contribution >= 4 is 5.97 Å². The van der Waals surface area contributed by atoms with Gasteiger partial charge in [-0.3, -0.25) is 9.59 Å². The third-order valence-electron chi connectivity index (χ3n) is 4.06. The summed E-state index contributed by atoms with van der Waals surface area (Å²) in [6.45, 7) is 2.03. The van der Waals surface area contributed by atoms with E-state index in [9.17, 15) is 9.59 Å². The van der Waals surface area contributed by atoms with Crippen molar-refractivity contribution in [2.75, 3.05) is 0 Å². The van der Waals surface area contributed by atoms with Crippen molar-refractivity contribution in [3.8, 4) is 11.3 Å². The van der Waals surface area contributed by atoms with Crippen molar-refractivity contribution in [1.29, 1.82) is 0 Å². The Kier molecular flexibility index (Phi) is 3.84. The van der Waals surface area contributed by atoms with Gasteiger partial charge in [0, 0.05) is 18.0 Å². The Morgan fingerprint density at radius 2 is 1.86 bits per heavy atom. The van der Waals surface area contributed by atoms with Crippen LogP contribution >= 0.6 is 0 Å². The van der Waals surface area contributed by atoms with Crippen molar-refractivity contribution in [3.63, 3.8) is 0 Å². The number of aryl methyl sites for hydroxylation is 2. The maximum absolute atomic E-state index is 12.7. The van der Waals surface area contributed by atoms with Gasteiger partial charge in [0.2, 0.25) is 0 Å². The number of nitrogens with zero attached hydrogens (tertiary/aromatic N) is 1. The van der Waals surface area contributed by atoms with Gasteiger partial charge < -0.3 is 9.67 Å². The van der Waals surface area contributed by atoms with Crippen LogP contribution in [0.15, 0.2) is 41.2 Å². The van der Waals surface area contributed by atoms with Gasteiger partial charge in [0.15, 0.2) is 0 Å². The zero-order valence-electron chi connectivity index (χ0n) is 12.6. The molecule has 1 fully saturated rings. The lowest BCUT2D eigenvalue weighted by molar-refractivity contribution is -0.136. The molecule has 1 aromatic carbocycles. The van der Waals surface area contributed by atoms with Gasteiger partial charge in [0.05, 0.1) is 5.69 Å². The molecule has 1 N–H and O–H groups in total. The molecule has 114 valence electrons. The van der Waals surface area contributed by atoms with E-state index < -0.39 is 5.97 Å². The molecule has 22 heavy (non-hydrogen) atoms. The van der Waals surface area contributed by atoms with Gasteiger partial charge in [0.1, 0.15) is 0 Å². The second-order valence-electron chi connectivity index (χ2n) is 5.91. The molecule has 0 amide bonds. The lowest BCUT2D eigenvalue weighted by atomic mass is 10.1. The molecule has 0 radical (unpaired) electrons. The summed E-state index contributed by atoms with van der Waals surface area (Å²) in [5.74, 6) is -0.875. The highest BCUT2D eigenvalue weighted by atomic mass is 16.4. The van der Waals surface area contributed by atoms with Crippen molar-refractivity contribution in [2.45, 2.75) is 38.6 Å². The molecule has 1 aromatic heterocycles. The molecule has 2 aromatic rings. The van der Waals surface area contributed by atoms with Crippen LogP contribution in [0.4, 0.5) is 0 Å². The summed E-state index contributed by atoms with van der Waals surface area (Å²) in [5, 5.41) is 8.81. The van der Waals surface area contributed by atoms with Gasteiger partial charge >= 0.3 is 5.97 Å². The second kappa shape index (κ2) is 5.79. The lowest BCUT2D eigenvalue weighted by Crippen LogP contribution is -2.24. The van der Waals surface area contributed by atoms with Crippen molar-refractivity contribution in [1.82, 2.24) is 4.57 Å². The van der Waals surface area contributed by atoms with E-state index in [0.717, 1.165) is 24.1 Å². The summed E-state index contributed by atoms with van der Waals surface area (Å²) in [4.78, 5) is 23.4. The van der Waals surface area contributed by atoms with Crippen molar-refractivity contribution in [3.05, 3.63) is 57.9 Å². The number of carbonyl (C=O) groups is 1. The van der Waals surface area contributed by atoms with Crippen molar-refractivity contribution < 1.29 is 9.90 Å². The zero-order chi connectivity index (χ0) is 15.7. The zero-order valence-corrected chi connectivity index (χ0v) is 12.6. The van der Waals surface area contributed by atoms with Crippen molar-refractivity contribution in [2.24, 2.45) is 0 Å². The Morgan fingerprint density at radius 1 is 1.18 bits per heavy atom. The maximum atomic E-state index is 12.7. The summed E-state index contributed by atoms with van der Waals surface area (Å²) in [6.07, 6.45) is 2.31. The number of benzene rings is 1. The number of rotatable bonds is 5. The number of aromatic nitrogens is 1. The molecule has 4 nitrogen and oxygen atoms in total. The molecule has 0 saturated heterocycles. The molecule has 1 aliphatic rings. The highest BCUT2D eigenvalue weighted by Crippen LogP contribution is 2.37. The van der Waals surface area contributed by atoms with E-state index in [0.29, 0.717) is 5.56 Å². The fourth-order valence-corrected chi connectivity index (χ4v) is 2.68. The van der Waals surface area contributed by atoms with Crippen LogP contribution in [0, 0.1) is 6.92 Å². The molecule has 0 unspecified atom stereocenters. The van der Waals surface area contributed by atoms with E-state index >= 15 is 0 Å². The fourth-order valence-electron chi connectivity index (χ4n) is 2.68. The molecular weight excluding hydrogens is 278 g/mol. The predicted octanol–water partition coefficient (Wildman–Crippen LogP) is 3.18. The van der Waals surface area contributed by atoms with Crippen LogP contribution in [-0.4, -0.2) is 15.6 Å². The Bertz CT molecular complexity index is 755. The Labute approximate surface area is 129 Å². The van der Waals surface area contributed by atoms with Gasteiger partial charge in [-0.15, -0.1) is 0 Å². The molecule has 4 heteroatoms. The fraction of sp³-hybridized carbons (Fsp3) is 0.333. The Hall–Kier alpha value is -2.36. The van der Waals surface area contributed by atoms with Crippen LogP contribution in [0.3, 0.4) is 0 Å². The predicted molar refractivity (Wildman–Crippen MR) is 85.1 cm³/mol. The molecule has 0 spiro atoms. The minimum atomic E-state index is -0.875. The lowest BCUT2D eigenvalue weighted by Gasteiger charge is -2.14. The van der Waals surface area contributed by atoms with Crippen LogP contribution in [-0.2, 0) is 11.2 Å². The summed E-state index contributed by atoms with van der Waals surface area (Å²) < 4.78 is 1.85. The highest BCUT2D eigenvalue weighted by molar-refractivity contribution is 5.67. The molecule has 0 aliphatic heterocycles. The quantitative estimate of drug-likeness (QED) is 0.922. The largest absolute Gasteiger partial charge is 0.481 e. The van der Waals surface area contributed by atoms with Gasteiger partial charge in [0.25, 0.3) is 5.56 Å². The first-order valence-electron chi connectivity index (χ1n) is 7.59. The average molecular weight is 297 g/mol. The summed E-state index contributed by atoms with van der Waals surface area (Å²) in [6, 6.07) is 12.1. The monoisotopic (exact) mass is 297 g/mol. The Balaban J connectivity index is 2.04. The van der Waals surface area contributed by atoms with Gasteiger partial charge in [-0.25, -0.2) is 0 Å². The standard InChI is InChI=1S/C18H19NO3/c1-12-2-4-13(5-3-12)16-10-6-14(7-11-17(20)21)18(22)19(16)15-8-9-15/h2-6,10,15H,7-9,11H2,1H3,(H,20,21). The third-order valence-corrected chi connectivity index (χ3v) is 4.06. The first-order chi connectivity index (χ1) is 10.6. The highest BCUT2D eigenvalue weighted by Gasteiger charge is 2.27. The second-order valence-corrected chi connectivity index (χ2v) is 5.91. The molecule has 0 bridgehead atoms. The van der Waals surface area contributed by atoms with Crippen LogP contribution < -0.4 is 5.56 Å². The van der Waals surface area contributed by atoms with E-state index in [2.05, 4.69) is 0 Å². The van der Waals surface area contributed by atoms with E-state index in [1.54, 1.807) is 6.07 Å². The van der Waals surface area contributed by atoms with Gasteiger partial charge in [-0.05, 0) is 37.8 Å². The Morgan fingerprint density at radius 3 is 2.45 bits per heavy atom. The van der Waals surface area contributed by atoms with Crippen LogP contribution in [0.25, 0.3) is 11.3 Å². The molecule has 1 heterocycles. The van der Waals surface area contributed by atoms with Gasteiger partial charge in [-0.1, -0.05) is 35.9 Å². The number of carboxylic acid groups (broad SMARTS) is 1. The first kappa shape index (κ1) is 14.6. The molecule has 0 atom stereocenters. The summed E-state index contributed by atoms with van der Waals surface area (Å²) >= 11 is 0. The summed E-state index contributed by atoms with van der Waals surface area (Å²) in [5.41, 5.74) is 3.68. The minimum Gasteiger partial charge on any atom is -0.481 e. The molecular formula is C18H19NO3. The number of aliphatic carboxylic acids is 1. The van der Waals surface area contributed by atoms with Gasteiger partial charge in [-0.2, -0.15) is 0 Å². The minimum absolute atomic E-state index is 0.0101. The smallest absolute Gasteiger partial charge is 0.303 e. The number of hydrogen-bond donors (Lipinski definition) is 1. The topological polar surface area (TPSA) is 59.3 Å². The van der Waals surface area contributed by atoms with Crippen LogP contribution in [0.2, 0.25) is 0 Å². The van der Waals surface area contributed by atoms with E-state index in [4.69, 9.17) is 5.11 Å². The van der Waals surface area contributed by atoms with E-state index in [1.165, 1.54) is 5.56 Å². The van der Waals surface area contributed by atoms with E-state index in [1.807, 2.05) is 41.8 Å². The van der Waals surface area contributed by atoms with Crippen LogP contribution in [0.5, 0.6) is 0 Å². The number of carboxylic acids is 1. The maximum Gasteiger partial charge on any atom is 0.303 e. The molecule has 1 aliphatic carbocycles. The van der Waals surface area contributed by atoms with E-state index in [-0.39, 0.29) is 24.4 Å². The average Bonchev–Trinajstić information content (AvgIpc) is 3.31. The normalized spacial score (nSPS) is 14.0. The molecule has 1 saturated carbocycles. The SMILES string of the molecule is Cc1ccc(-c2ccc(CCC(=O)O)c(=O)n2C2CC2)cc1. The molecule has 3 rings (SSSR count).